The summed E-state index contributed by atoms with van der Waals surface area (Å²) in [5.74, 6) is 2.37. The molecule has 1 fully saturated rings. The van der Waals surface area contributed by atoms with Crippen LogP contribution < -0.4 is 10.2 Å². The van der Waals surface area contributed by atoms with Gasteiger partial charge >= 0.3 is 0 Å². The number of hydrogen-bond donors (Lipinski definition) is 1. The van der Waals surface area contributed by atoms with Crippen molar-refractivity contribution in [1.29, 1.82) is 0 Å². The van der Waals surface area contributed by atoms with E-state index in [1.54, 1.807) is 0 Å². The number of hydrogen-bond acceptors (Lipinski definition) is 6. The molecule has 1 atom stereocenters. The molecule has 25 heavy (non-hydrogen) atoms. The van der Waals surface area contributed by atoms with Crippen LogP contribution in [0.4, 0.5) is 5.95 Å². The summed E-state index contributed by atoms with van der Waals surface area (Å²) in [4.78, 5) is 15.3. The molecule has 0 unspecified atom stereocenters. The highest BCUT2D eigenvalue weighted by Crippen LogP contribution is 2.29. The molecule has 1 aliphatic heterocycles. The van der Waals surface area contributed by atoms with Crippen molar-refractivity contribution >= 4 is 5.95 Å². The Morgan fingerprint density at radius 3 is 2.60 bits per heavy atom. The van der Waals surface area contributed by atoms with E-state index in [1.165, 1.54) is 0 Å². The monoisotopic (exact) mass is 344 g/mol. The molecule has 7 nitrogen and oxygen atoms in total. The summed E-state index contributed by atoms with van der Waals surface area (Å²) >= 11 is 0. The van der Waals surface area contributed by atoms with Gasteiger partial charge in [0.2, 0.25) is 5.95 Å². The normalized spacial score (nSPS) is 16.8. The number of rotatable bonds is 7. The van der Waals surface area contributed by atoms with Gasteiger partial charge in [-0.05, 0) is 25.7 Å². The molecule has 0 spiro atoms. The van der Waals surface area contributed by atoms with Crippen LogP contribution in [0.3, 0.4) is 0 Å². The zero-order valence-corrected chi connectivity index (χ0v) is 15.4. The third kappa shape index (κ3) is 4.35. The zero-order chi connectivity index (χ0) is 17.6. The molecular formula is C18H28N6O. The molecule has 136 valence electrons. The number of nitrogens with one attached hydrogen (secondary N) is 1. The van der Waals surface area contributed by atoms with Gasteiger partial charge < -0.3 is 19.5 Å². The second-order valence-corrected chi connectivity index (χ2v) is 6.67. The molecule has 0 saturated carbocycles. The Labute approximate surface area is 149 Å². The average molecular weight is 344 g/mol. The molecule has 0 bridgehead atoms. The SMILES string of the molecule is CCn1ccnc1[C@H](NCc1cnc(N(C)C)nc1)C1CCOCC1. The van der Waals surface area contributed by atoms with Crippen LogP contribution in [-0.4, -0.2) is 46.8 Å². The third-order valence-electron chi connectivity index (χ3n) is 4.72. The second-order valence-electron chi connectivity index (χ2n) is 6.67. The zero-order valence-electron chi connectivity index (χ0n) is 15.4. The fourth-order valence-electron chi connectivity index (χ4n) is 3.28. The van der Waals surface area contributed by atoms with Crippen LogP contribution >= 0.6 is 0 Å². The largest absolute Gasteiger partial charge is 0.381 e. The Kier molecular flexibility index (Phi) is 5.99. The molecule has 1 N–H and O–H groups in total. The molecule has 0 radical (unpaired) electrons. The summed E-state index contributed by atoms with van der Waals surface area (Å²) in [6, 6.07) is 0.215. The summed E-state index contributed by atoms with van der Waals surface area (Å²) < 4.78 is 7.76. The lowest BCUT2D eigenvalue weighted by molar-refractivity contribution is 0.0517. The van der Waals surface area contributed by atoms with Gasteiger partial charge in [0, 0.05) is 70.7 Å². The van der Waals surface area contributed by atoms with Gasteiger partial charge in [0.15, 0.2) is 0 Å². The highest BCUT2D eigenvalue weighted by molar-refractivity contribution is 5.26. The van der Waals surface area contributed by atoms with E-state index < -0.39 is 0 Å². The number of anilines is 1. The lowest BCUT2D eigenvalue weighted by Crippen LogP contribution is -2.34. The molecule has 0 aliphatic carbocycles. The van der Waals surface area contributed by atoms with Gasteiger partial charge in [0.25, 0.3) is 0 Å². The maximum Gasteiger partial charge on any atom is 0.224 e. The molecule has 3 rings (SSSR count). The molecule has 7 heteroatoms. The van der Waals surface area contributed by atoms with Crippen molar-refractivity contribution in [2.45, 2.75) is 38.9 Å². The van der Waals surface area contributed by atoms with Gasteiger partial charge in [-0.2, -0.15) is 0 Å². The van der Waals surface area contributed by atoms with Gasteiger partial charge in [-0.1, -0.05) is 0 Å². The van der Waals surface area contributed by atoms with Gasteiger partial charge in [-0.25, -0.2) is 15.0 Å². The van der Waals surface area contributed by atoms with Crippen molar-refractivity contribution in [1.82, 2.24) is 24.8 Å². The summed E-state index contributed by atoms with van der Waals surface area (Å²) in [6.07, 6.45) is 9.85. The molecule has 2 aromatic heterocycles. The van der Waals surface area contributed by atoms with E-state index in [1.807, 2.05) is 37.6 Å². The first-order valence-electron chi connectivity index (χ1n) is 8.99. The predicted molar refractivity (Wildman–Crippen MR) is 97.4 cm³/mol. The molecule has 2 aromatic rings. The lowest BCUT2D eigenvalue weighted by Gasteiger charge is -2.31. The maximum absolute atomic E-state index is 5.54. The summed E-state index contributed by atoms with van der Waals surface area (Å²) in [5, 5.41) is 3.70. The van der Waals surface area contributed by atoms with Gasteiger partial charge in [-0.15, -0.1) is 0 Å². The van der Waals surface area contributed by atoms with Crippen molar-refractivity contribution in [3.05, 3.63) is 36.2 Å². The van der Waals surface area contributed by atoms with E-state index in [9.17, 15) is 0 Å². The van der Waals surface area contributed by atoms with E-state index in [0.29, 0.717) is 5.92 Å². The first-order valence-corrected chi connectivity index (χ1v) is 8.99. The second kappa shape index (κ2) is 8.40. The van der Waals surface area contributed by atoms with Crippen LogP contribution in [0.1, 0.15) is 37.2 Å². The van der Waals surface area contributed by atoms with Crippen molar-refractivity contribution in [3.8, 4) is 0 Å². The van der Waals surface area contributed by atoms with E-state index in [2.05, 4.69) is 38.0 Å². The Bertz CT molecular complexity index is 648. The molecule has 0 amide bonds. The van der Waals surface area contributed by atoms with Crippen LogP contribution in [0.5, 0.6) is 0 Å². The van der Waals surface area contributed by atoms with E-state index in [4.69, 9.17) is 4.74 Å². The predicted octanol–water partition coefficient (Wildman–Crippen LogP) is 2.02. The molecule has 1 aliphatic rings. The highest BCUT2D eigenvalue weighted by atomic mass is 16.5. The minimum atomic E-state index is 0.215. The van der Waals surface area contributed by atoms with Crippen LogP contribution in [0.25, 0.3) is 0 Å². The Balaban J connectivity index is 1.73. The molecule has 1 saturated heterocycles. The summed E-state index contributed by atoms with van der Waals surface area (Å²) in [6.45, 7) is 5.47. The van der Waals surface area contributed by atoms with Crippen molar-refractivity contribution < 1.29 is 4.74 Å². The van der Waals surface area contributed by atoms with Crippen LogP contribution in [0, 0.1) is 5.92 Å². The van der Waals surface area contributed by atoms with Crippen molar-refractivity contribution in [2.24, 2.45) is 5.92 Å². The number of ether oxygens (including phenoxy) is 1. The van der Waals surface area contributed by atoms with Crippen LogP contribution in [-0.2, 0) is 17.8 Å². The van der Waals surface area contributed by atoms with Gasteiger partial charge in [0.1, 0.15) is 5.82 Å². The number of aryl methyl sites for hydroxylation is 1. The van der Waals surface area contributed by atoms with Gasteiger partial charge in [0.05, 0.1) is 6.04 Å². The highest BCUT2D eigenvalue weighted by Gasteiger charge is 2.28. The quantitative estimate of drug-likeness (QED) is 0.829. The van der Waals surface area contributed by atoms with Crippen LogP contribution in [0.2, 0.25) is 0 Å². The standard InChI is InChI=1S/C18H28N6O/c1-4-24-8-7-19-17(24)16(15-5-9-25-10-6-15)20-11-14-12-21-18(22-13-14)23(2)3/h7-8,12-13,15-16,20H,4-6,9-11H2,1-3H3/t16-/m1/s1. The fraction of sp³-hybridized carbons (Fsp3) is 0.611. The van der Waals surface area contributed by atoms with Gasteiger partial charge in [-0.3, -0.25) is 0 Å². The summed E-state index contributed by atoms with van der Waals surface area (Å²) in [7, 11) is 3.89. The minimum absolute atomic E-state index is 0.215. The van der Waals surface area contributed by atoms with E-state index in [-0.39, 0.29) is 6.04 Å². The topological polar surface area (TPSA) is 68.1 Å². The first-order chi connectivity index (χ1) is 12.2. The number of imidazole rings is 1. The Morgan fingerprint density at radius 2 is 1.96 bits per heavy atom. The van der Waals surface area contributed by atoms with Crippen molar-refractivity contribution in [2.75, 3.05) is 32.2 Å². The fourth-order valence-corrected chi connectivity index (χ4v) is 3.28. The average Bonchev–Trinajstić information content (AvgIpc) is 3.12. The molecule has 0 aromatic carbocycles. The van der Waals surface area contributed by atoms with E-state index >= 15 is 0 Å². The summed E-state index contributed by atoms with van der Waals surface area (Å²) in [5.41, 5.74) is 1.08. The Hall–Kier alpha value is -1.99. The number of nitrogens with zero attached hydrogens (tertiary/aromatic N) is 5. The van der Waals surface area contributed by atoms with Crippen molar-refractivity contribution in [3.63, 3.8) is 0 Å². The number of aromatic nitrogens is 4. The van der Waals surface area contributed by atoms with E-state index in [0.717, 1.165) is 56.5 Å². The smallest absolute Gasteiger partial charge is 0.224 e. The maximum atomic E-state index is 5.54. The lowest BCUT2D eigenvalue weighted by atomic mass is 9.91. The molecule has 3 heterocycles. The van der Waals surface area contributed by atoms with Crippen LogP contribution in [0.15, 0.2) is 24.8 Å². The third-order valence-corrected chi connectivity index (χ3v) is 4.72. The molecular weight excluding hydrogens is 316 g/mol. The first kappa shape index (κ1) is 17.8. The Morgan fingerprint density at radius 1 is 1.24 bits per heavy atom. The minimum Gasteiger partial charge on any atom is -0.381 e.